The molecule has 1 aliphatic heterocycles. The van der Waals surface area contributed by atoms with Crippen molar-refractivity contribution in [2.24, 2.45) is 0 Å². The fourth-order valence-electron chi connectivity index (χ4n) is 4.31. The Morgan fingerprint density at radius 1 is 1.00 bits per heavy atom. The Hall–Kier alpha value is -3.32. The van der Waals surface area contributed by atoms with E-state index in [0.717, 1.165) is 39.4 Å². The van der Waals surface area contributed by atoms with E-state index < -0.39 is 7.37 Å². The van der Waals surface area contributed by atoms with Gasteiger partial charge in [0.15, 0.2) is 11.6 Å². The third kappa shape index (κ3) is 4.52. The van der Waals surface area contributed by atoms with Crippen molar-refractivity contribution in [2.45, 2.75) is 32.9 Å². The lowest BCUT2D eigenvalue weighted by atomic mass is 10.0. The largest absolute Gasteiger partial charge is 0.323 e. The van der Waals surface area contributed by atoms with Gasteiger partial charge >= 0.3 is 0 Å². The van der Waals surface area contributed by atoms with Crippen LogP contribution in [0.25, 0.3) is 22.2 Å². The van der Waals surface area contributed by atoms with E-state index in [1.54, 1.807) is 19.1 Å². The number of anilines is 2. The highest BCUT2D eigenvalue weighted by Gasteiger charge is 2.31. The number of nitrogens with one attached hydrogen (secondary N) is 1. The highest BCUT2D eigenvalue weighted by atomic mass is 31.2. The van der Waals surface area contributed by atoms with Crippen LogP contribution in [0.1, 0.15) is 32.4 Å². The van der Waals surface area contributed by atoms with Crippen LogP contribution in [0.2, 0.25) is 0 Å². The van der Waals surface area contributed by atoms with Crippen LogP contribution in [0.3, 0.4) is 0 Å². The molecule has 4 aromatic rings. The van der Waals surface area contributed by atoms with Gasteiger partial charge in [-0.3, -0.25) is 19.6 Å². The average molecular weight is 489 g/mol. The van der Waals surface area contributed by atoms with E-state index >= 15 is 0 Å². The third-order valence-electron chi connectivity index (χ3n) is 6.08. The van der Waals surface area contributed by atoms with Gasteiger partial charge in [-0.1, -0.05) is 24.3 Å². The van der Waals surface area contributed by atoms with Crippen LogP contribution in [0.15, 0.2) is 67.0 Å². The molecule has 0 fully saturated rings. The van der Waals surface area contributed by atoms with Crippen LogP contribution in [-0.4, -0.2) is 34.8 Å². The van der Waals surface area contributed by atoms with Crippen LogP contribution >= 0.6 is 7.37 Å². The lowest BCUT2D eigenvalue weighted by Gasteiger charge is -2.26. The number of aromatic nitrogens is 3. The molecule has 35 heavy (non-hydrogen) atoms. The first-order valence-electron chi connectivity index (χ1n) is 11.6. The van der Waals surface area contributed by atoms with Gasteiger partial charge in [0, 0.05) is 36.2 Å². The summed E-state index contributed by atoms with van der Waals surface area (Å²) in [5.41, 5.74) is 7.11. The maximum atomic E-state index is 12.9. The van der Waals surface area contributed by atoms with Crippen molar-refractivity contribution in [3.8, 4) is 11.3 Å². The molecule has 2 aromatic carbocycles. The van der Waals surface area contributed by atoms with Gasteiger partial charge in [-0.05, 0) is 56.7 Å². The molecule has 9 heteroatoms. The van der Waals surface area contributed by atoms with Gasteiger partial charge in [-0.25, -0.2) is 9.97 Å². The maximum Gasteiger partial charge on any atom is 0.229 e. The second-order valence-corrected chi connectivity index (χ2v) is 11.5. The van der Waals surface area contributed by atoms with Crippen molar-refractivity contribution in [3.63, 3.8) is 0 Å². The summed E-state index contributed by atoms with van der Waals surface area (Å²) in [7, 11) is -0.951. The van der Waals surface area contributed by atoms with E-state index in [0.29, 0.717) is 5.30 Å². The summed E-state index contributed by atoms with van der Waals surface area (Å²) in [6, 6.07) is 17.8. The van der Waals surface area contributed by atoms with Crippen molar-refractivity contribution in [1.82, 2.24) is 20.5 Å². The fourth-order valence-corrected chi connectivity index (χ4v) is 5.92. The molecule has 180 valence electrons. The molecule has 0 bridgehead atoms. The first kappa shape index (κ1) is 23.4. The highest BCUT2D eigenvalue weighted by molar-refractivity contribution is 7.66. The summed E-state index contributed by atoms with van der Waals surface area (Å²) in [6.45, 7) is 7.56. The molecule has 2 unspecified atom stereocenters. The van der Waals surface area contributed by atoms with Crippen LogP contribution in [0.5, 0.6) is 0 Å². The molecule has 0 amide bonds. The van der Waals surface area contributed by atoms with Gasteiger partial charge in [0.1, 0.15) is 0 Å². The first-order valence-corrected chi connectivity index (χ1v) is 13.7. The van der Waals surface area contributed by atoms with E-state index in [4.69, 9.17) is 9.51 Å². The van der Waals surface area contributed by atoms with Crippen LogP contribution in [0, 0.1) is 0 Å². The maximum absolute atomic E-state index is 12.9. The van der Waals surface area contributed by atoms with Gasteiger partial charge in [0.2, 0.25) is 7.37 Å². The summed E-state index contributed by atoms with van der Waals surface area (Å²) >= 11 is 0. The number of hydrogen-bond acceptors (Lipinski definition) is 8. The molecular weight excluding hydrogens is 459 g/mol. The van der Waals surface area contributed by atoms with Gasteiger partial charge in [-0.2, -0.15) is 0 Å². The summed E-state index contributed by atoms with van der Waals surface area (Å²) in [6.07, 6.45) is 3.46. The Labute approximate surface area is 205 Å². The molecule has 0 spiro atoms. The monoisotopic (exact) mass is 488 g/mol. The molecule has 0 saturated heterocycles. The molecular formula is C26H29N6O2P. The van der Waals surface area contributed by atoms with E-state index in [1.165, 1.54) is 0 Å². The first-order chi connectivity index (χ1) is 16.7. The quantitative estimate of drug-likeness (QED) is 0.376. The van der Waals surface area contributed by atoms with Gasteiger partial charge in [-0.15, -0.1) is 5.53 Å². The van der Waals surface area contributed by atoms with Crippen LogP contribution in [-0.2, 0) is 9.09 Å². The molecule has 0 saturated carbocycles. The van der Waals surface area contributed by atoms with Gasteiger partial charge < -0.3 is 4.52 Å². The number of benzene rings is 2. The topological polar surface area (TPSA) is 83.5 Å². The lowest BCUT2D eigenvalue weighted by molar-refractivity contribution is 0.251. The number of hydrogen-bond donors (Lipinski definition) is 1. The zero-order valence-corrected chi connectivity index (χ0v) is 21.4. The minimum absolute atomic E-state index is 0.00520. The van der Waals surface area contributed by atoms with Gasteiger partial charge in [0.25, 0.3) is 0 Å². The van der Waals surface area contributed by atoms with E-state index in [9.17, 15) is 4.57 Å². The van der Waals surface area contributed by atoms with Crippen molar-refractivity contribution in [2.75, 3.05) is 23.7 Å². The predicted molar refractivity (Wildman–Crippen MR) is 141 cm³/mol. The number of fused-ring (bicyclic) bond motifs is 2. The lowest BCUT2D eigenvalue weighted by Crippen LogP contribution is -2.43. The predicted octanol–water partition coefficient (Wildman–Crippen LogP) is 5.09. The van der Waals surface area contributed by atoms with Crippen molar-refractivity contribution >= 4 is 35.2 Å². The summed E-state index contributed by atoms with van der Waals surface area (Å²) in [5, 5.41) is 5.67. The summed E-state index contributed by atoms with van der Waals surface area (Å²) in [5.74, 6) is 1.50. The zero-order valence-electron chi connectivity index (χ0n) is 20.5. The molecule has 1 N–H and O–H groups in total. The number of rotatable bonds is 6. The van der Waals surface area contributed by atoms with E-state index in [1.807, 2.05) is 67.3 Å². The molecule has 8 nitrogen and oxygen atoms in total. The van der Waals surface area contributed by atoms with Crippen molar-refractivity contribution in [3.05, 3.63) is 72.6 Å². The Balaban J connectivity index is 1.45. The zero-order chi connectivity index (χ0) is 24.7. The molecule has 2 atom stereocenters. The number of hydrazine groups is 2. The normalized spacial score (nSPS) is 15.9. The fraction of sp³-hybridized carbons (Fsp3) is 0.269. The SMILES string of the molecule is CC(C)OP(C)(=O)c1ccc(-c2cnc3c(n2)N(C(C)c2ccc4ncccc4c2)NN3C)cc1. The minimum Gasteiger partial charge on any atom is -0.323 e. The average Bonchev–Trinajstić information content (AvgIpc) is 3.18. The number of nitrogens with zero attached hydrogens (tertiary/aromatic N) is 5. The molecule has 3 heterocycles. The Morgan fingerprint density at radius 2 is 1.77 bits per heavy atom. The molecule has 0 radical (unpaired) electrons. The highest BCUT2D eigenvalue weighted by Crippen LogP contribution is 2.43. The Morgan fingerprint density at radius 3 is 2.51 bits per heavy atom. The smallest absolute Gasteiger partial charge is 0.229 e. The third-order valence-corrected chi connectivity index (χ3v) is 8.14. The minimum atomic E-state index is -2.87. The molecule has 2 aromatic heterocycles. The summed E-state index contributed by atoms with van der Waals surface area (Å²) in [4.78, 5) is 14.0. The van der Waals surface area contributed by atoms with E-state index in [2.05, 4.69) is 40.6 Å². The Bertz CT molecular complexity index is 1430. The summed E-state index contributed by atoms with van der Waals surface area (Å²) < 4.78 is 18.6. The van der Waals surface area contributed by atoms with Crippen LogP contribution in [0.4, 0.5) is 11.6 Å². The Kier molecular flexibility index (Phi) is 6.05. The molecule has 5 rings (SSSR count). The second-order valence-electron chi connectivity index (χ2n) is 9.11. The van der Waals surface area contributed by atoms with E-state index in [-0.39, 0.29) is 12.1 Å². The van der Waals surface area contributed by atoms with Crippen molar-refractivity contribution in [1.29, 1.82) is 0 Å². The number of pyridine rings is 1. The van der Waals surface area contributed by atoms with Gasteiger partial charge in [0.05, 0.1) is 29.6 Å². The van der Waals surface area contributed by atoms with Crippen LogP contribution < -0.4 is 20.9 Å². The molecule has 0 aliphatic carbocycles. The molecule has 1 aliphatic rings. The van der Waals surface area contributed by atoms with Crippen molar-refractivity contribution < 1.29 is 9.09 Å². The standard InChI is InChI=1S/C26H29N6O2P/c1-17(2)34-35(5,33)22-11-8-19(9-12-22)24-16-28-25-26(29-24)32(30-31(25)4)18(3)20-10-13-23-21(15-20)7-6-14-27-23/h6-18,30H,1-5H3. The second kappa shape index (κ2) is 9.04.